The second kappa shape index (κ2) is 12.0. The van der Waals surface area contributed by atoms with Crippen LogP contribution in [0.4, 0.5) is 24.5 Å². The van der Waals surface area contributed by atoms with Gasteiger partial charge in [-0.25, -0.2) is 0 Å². The summed E-state index contributed by atoms with van der Waals surface area (Å²) in [5.41, 5.74) is -1.41. The zero-order chi connectivity index (χ0) is 27.4. The number of benzene rings is 1. The Kier molecular flexibility index (Phi) is 8.96. The number of nitrogens with one attached hydrogen (secondary N) is 2. The summed E-state index contributed by atoms with van der Waals surface area (Å²) in [5.74, 6) is -1.52. The Balaban J connectivity index is 1.57. The van der Waals surface area contributed by atoms with E-state index in [4.69, 9.17) is 16.3 Å². The minimum atomic E-state index is -4.78. The molecule has 1 aliphatic heterocycles. The number of morpholine rings is 1. The number of rotatable bonds is 9. The molecule has 2 fully saturated rings. The van der Waals surface area contributed by atoms with E-state index in [1.54, 1.807) is 12.1 Å². The fourth-order valence-electron chi connectivity index (χ4n) is 4.58. The van der Waals surface area contributed by atoms with Crippen LogP contribution in [0.2, 0.25) is 4.34 Å². The molecule has 1 aliphatic carbocycles. The number of alkyl halides is 3. The first-order valence-corrected chi connectivity index (χ1v) is 13.5. The minimum absolute atomic E-state index is 0.0756. The van der Waals surface area contributed by atoms with Gasteiger partial charge in [0.2, 0.25) is 5.91 Å². The first-order valence-electron chi connectivity index (χ1n) is 12.3. The van der Waals surface area contributed by atoms with Gasteiger partial charge >= 0.3 is 6.18 Å². The first-order chi connectivity index (χ1) is 18.1. The Morgan fingerprint density at radius 2 is 2.03 bits per heavy atom. The minimum Gasteiger partial charge on any atom is -0.370 e. The molecule has 38 heavy (non-hydrogen) atoms. The number of ether oxygens (including phenoxy) is 1. The summed E-state index contributed by atoms with van der Waals surface area (Å²) in [4.78, 5) is 41.7. The molecule has 4 rings (SSSR count). The zero-order valence-corrected chi connectivity index (χ0v) is 22.2. The number of anilines is 2. The van der Waals surface area contributed by atoms with Crippen LogP contribution in [0.25, 0.3) is 0 Å². The van der Waals surface area contributed by atoms with E-state index in [1.165, 1.54) is 11.0 Å². The number of nitrogens with zero attached hydrogens (tertiary/aromatic N) is 2. The number of hydrogen-bond acceptors (Lipinski definition) is 6. The number of carbonyl (C=O) groups excluding carboxylic acids is 3. The second-order valence-electron chi connectivity index (χ2n) is 9.06. The van der Waals surface area contributed by atoms with E-state index in [9.17, 15) is 27.6 Å². The largest absolute Gasteiger partial charge is 0.418 e. The van der Waals surface area contributed by atoms with Gasteiger partial charge < -0.3 is 20.3 Å². The molecule has 0 spiro atoms. The summed E-state index contributed by atoms with van der Waals surface area (Å²) in [7, 11) is 0. The molecule has 2 heterocycles. The summed E-state index contributed by atoms with van der Waals surface area (Å²) in [6.07, 6.45) is -2.06. The molecule has 2 aromatic rings. The van der Waals surface area contributed by atoms with Gasteiger partial charge in [0.05, 0.1) is 27.1 Å². The van der Waals surface area contributed by atoms with Crippen LogP contribution in [-0.4, -0.2) is 67.6 Å². The quantitative estimate of drug-likeness (QED) is 0.465. The number of amides is 3. The molecule has 1 saturated carbocycles. The van der Waals surface area contributed by atoms with E-state index < -0.39 is 41.2 Å². The van der Waals surface area contributed by atoms with Gasteiger partial charge in [-0.2, -0.15) is 13.2 Å². The average Bonchev–Trinajstić information content (AvgIpc) is 3.28. The van der Waals surface area contributed by atoms with Crippen LogP contribution in [0, 0.1) is 0 Å². The Morgan fingerprint density at radius 1 is 1.26 bits per heavy atom. The second-order valence-corrected chi connectivity index (χ2v) is 10.8. The highest BCUT2D eigenvalue weighted by Gasteiger charge is 2.38. The van der Waals surface area contributed by atoms with Crippen molar-refractivity contribution in [3.05, 3.63) is 45.1 Å². The van der Waals surface area contributed by atoms with Crippen LogP contribution >= 0.6 is 22.9 Å². The molecule has 0 bridgehead atoms. The molecule has 206 valence electrons. The van der Waals surface area contributed by atoms with Gasteiger partial charge in [0.1, 0.15) is 12.6 Å². The average molecular weight is 573 g/mol. The van der Waals surface area contributed by atoms with Crippen molar-refractivity contribution in [3.63, 3.8) is 0 Å². The van der Waals surface area contributed by atoms with Crippen LogP contribution in [0.15, 0.2) is 30.3 Å². The van der Waals surface area contributed by atoms with Gasteiger partial charge in [-0.15, -0.1) is 11.3 Å². The molecule has 1 saturated heterocycles. The van der Waals surface area contributed by atoms with Gasteiger partial charge in [-0.05, 0) is 49.7 Å². The maximum atomic E-state index is 14.0. The molecule has 1 aromatic heterocycles. The van der Waals surface area contributed by atoms with E-state index >= 15 is 0 Å². The Labute approximate surface area is 227 Å². The lowest BCUT2D eigenvalue weighted by molar-refractivity contribution is -0.137. The van der Waals surface area contributed by atoms with Crippen molar-refractivity contribution >= 4 is 52.0 Å². The predicted molar refractivity (Wildman–Crippen MR) is 139 cm³/mol. The van der Waals surface area contributed by atoms with E-state index in [0.29, 0.717) is 15.8 Å². The third-order valence-electron chi connectivity index (χ3n) is 6.73. The topological polar surface area (TPSA) is 91.0 Å². The van der Waals surface area contributed by atoms with Crippen LogP contribution < -0.4 is 15.5 Å². The van der Waals surface area contributed by atoms with Gasteiger partial charge in [0, 0.05) is 24.8 Å². The number of likely N-dealkylation sites (N-methyl/N-ethyl adjacent to an activating group) is 1. The number of halogens is 4. The molecule has 3 amide bonds. The number of thiophene rings is 1. The molecule has 0 unspecified atom stereocenters. The number of hydrogen-bond donors (Lipinski definition) is 2. The molecule has 0 radical (unpaired) electrons. The molecule has 1 atom stereocenters. The third kappa shape index (κ3) is 6.48. The normalized spacial score (nSPS) is 17.3. The monoisotopic (exact) mass is 572 g/mol. The Bertz CT molecular complexity index is 1190. The summed E-state index contributed by atoms with van der Waals surface area (Å²) < 4.78 is 47.6. The van der Waals surface area contributed by atoms with Crippen molar-refractivity contribution in [2.75, 3.05) is 43.1 Å². The first kappa shape index (κ1) is 28.3. The van der Waals surface area contributed by atoms with Crippen molar-refractivity contribution in [1.82, 2.24) is 10.2 Å². The van der Waals surface area contributed by atoms with E-state index in [0.717, 1.165) is 42.7 Å². The SMILES string of the molecule is CCN(C1CCC1)[C@@H](CNC(=O)c1ccc(Cl)s1)C(=O)Nc1ccc(N2CCOCC2=O)cc1C(F)(F)F. The van der Waals surface area contributed by atoms with Crippen LogP contribution in [-0.2, 0) is 20.5 Å². The molecule has 8 nitrogen and oxygen atoms in total. The highest BCUT2D eigenvalue weighted by Crippen LogP contribution is 2.38. The third-order valence-corrected chi connectivity index (χ3v) is 7.96. The predicted octanol–water partition coefficient (Wildman–Crippen LogP) is 4.40. The lowest BCUT2D eigenvalue weighted by Crippen LogP contribution is -2.56. The van der Waals surface area contributed by atoms with E-state index in [1.807, 2.05) is 11.8 Å². The molecule has 1 aromatic carbocycles. The van der Waals surface area contributed by atoms with Crippen molar-refractivity contribution in [3.8, 4) is 0 Å². The van der Waals surface area contributed by atoms with Crippen LogP contribution in [0.1, 0.15) is 41.4 Å². The van der Waals surface area contributed by atoms with Gasteiger partial charge in [-0.3, -0.25) is 19.3 Å². The Hall–Kier alpha value is -2.67. The fraction of sp³-hybridized carbons (Fsp3) is 0.480. The van der Waals surface area contributed by atoms with Gasteiger partial charge in [0.25, 0.3) is 11.8 Å². The number of carbonyl (C=O) groups is 3. The molecule has 2 N–H and O–H groups in total. The van der Waals surface area contributed by atoms with Gasteiger partial charge in [-0.1, -0.05) is 24.9 Å². The summed E-state index contributed by atoms with van der Waals surface area (Å²) >= 11 is 7.01. The maximum absolute atomic E-state index is 14.0. The van der Waals surface area contributed by atoms with Crippen molar-refractivity contribution in [2.45, 2.75) is 44.4 Å². The van der Waals surface area contributed by atoms with Crippen molar-refractivity contribution < 1.29 is 32.3 Å². The van der Waals surface area contributed by atoms with Crippen LogP contribution in [0.5, 0.6) is 0 Å². The van der Waals surface area contributed by atoms with E-state index in [2.05, 4.69) is 10.6 Å². The lowest BCUT2D eigenvalue weighted by Gasteiger charge is -2.41. The smallest absolute Gasteiger partial charge is 0.370 e. The molecule has 2 aliphatic rings. The summed E-state index contributed by atoms with van der Waals surface area (Å²) in [6.45, 7) is 2.39. The highest BCUT2D eigenvalue weighted by molar-refractivity contribution is 7.18. The van der Waals surface area contributed by atoms with Crippen molar-refractivity contribution in [1.29, 1.82) is 0 Å². The molecule has 13 heteroatoms. The van der Waals surface area contributed by atoms with Gasteiger partial charge in [0.15, 0.2) is 0 Å². The molecular formula is C25H28ClF3N4O4S. The maximum Gasteiger partial charge on any atom is 0.418 e. The highest BCUT2D eigenvalue weighted by atomic mass is 35.5. The Morgan fingerprint density at radius 3 is 2.61 bits per heavy atom. The lowest BCUT2D eigenvalue weighted by atomic mass is 9.90. The molecular weight excluding hydrogens is 545 g/mol. The zero-order valence-electron chi connectivity index (χ0n) is 20.6. The van der Waals surface area contributed by atoms with Crippen molar-refractivity contribution in [2.24, 2.45) is 0 Å². The van der Waals surface area contributed by atoms with E-state index in [-0.39, 0.29) is 38.0 Å². The summed E-state index contributed by atoms with van der Waals surface area (Å²) in [5, 5.41) is 5.18. The van der Waals surface area contributed by atoms with Crippen LogP contribution in [0.3, 0.4) is 0 Å². The summed E-state index contributed by atoms with van der Waals surface area (Å²) in [6, 6.07) is 5.74. The fourth-order valence-corrected chi connectivity index (χ4v) is 5.53. The standard InChI is InChI=1S/C25H28ClF3N4O4S/c1-2-32(15-4-3-5-15)19(13-30-24(36)20-8-9-21(26)38-20)23(35)31-18-7-6-16(12-17(18)25(27,28)29)33-10-11-37-14-22(33)34/h6-9,12,15,19H,2-5,10-11,13-14H2,1H3,(H,30,36)(H,31,35)/t19-/m0/s1.